The summed E-state index contributed by atoms with van der Waals surface area (Å²) < 4.78 is 0. The van der Waals surface area contributed by atoms with Crippen molar-refractivity contribution in [2.75, 3.05) is 30.4 Å². The molecule has 0 unspecified atom stereocenters. The number of nitrogens with zero attached hydrogens (tertiary/aromatic N) is 4. The lowest BCUT2D eigenvalue weighted by Gasteiger charge is -2.30. The number of amides is 1. The lowest BCUT2D eigenvalue weighted by Crippen LogP contribution is -2.39. The van der Waals surface area contributed by atoms with Gasteiger partial charge in [0.05, 0.1) is 10.6 Å². The molecule has 0 saturated carbocycles. The monoisotopic (exact) mass is 408 g/mol. The van der Waals surface area contributed by atoms with E-state index in [0.29, 0.717) is 0 Å². The standard InChI is InChI=1S/C21H24N6OS/c1-14-6-9-23-19(12-14)26-18-5-3-4-16(25-18)17-13-24-21(29-17)27-10-7-15(8-11-27)20(28)22-2/h3-6,9,12-13,15H,7-8,10-11H2,1-2H3,(H,22,28)(H,23,25,26). The number of carbonyl (C=O) groups is 1. The minimum absolute atomic E-state index is 0.107. The predicted octanol–water partition coefficient (Wildman–Crippen LogP) is 3.61. The van der Waals surface area contributed by atoms with Crippen LogP contribution in [0.4, 0.5) is 16.8 Å². The van der Waals surface area contributed by atoms with Crippen LogP contribution in [0.25, 0.3) is 10.6 Å². The van der Waals surface area contributed by atoms with Gasteiger partial charge < -0.3 is 15.5 Å². The summed E-state index contributed by atoms with van der Waals surface area (Å²) >= 11 is 1.63. The van der Waals surface area contributed by atoms with Crippen molar-refractivity contribution >= 4 is 34.0 Å². The molecule has 3 aromatic heterocycles. The second-order valence-corrected chi connectivity index (χ2v) is 8.14. The Hall–Kier alpha value is -3.00. The number of hydrogen-bond donors (Lipinski definition) is 2. The van der Waals surface area contributed by atoms with Crippen LogP contribution >= 0.6 is 11.3 Å². The quantitative estimate of drug-likeness (QED) is 0.671. The van der Waals surface area contributed by atoms with E-state index in [4.69, 9.17) is 4.98 Å². The number of hydrogen-bond acceptors (Lipinski definition) is 7. The number of pyridine rings is 2. The van der Waals surface area contributed by atoms with Gasteiger partial charge in [-0.1, -0.05) is 17.4 Å². The number of piperidine rings is 1. The first kappa shape index (κ1) is 19.3. The second kappa shape index (κ2) is 8.57. The first-order valence-corrected chi connectivity index (χ1v) is 10.5. The predicted molar refractivity (Wildman–Crippen MR) is 117 cm³/mol. The maximum atomic E-state index is 11.8. The van der Waals surface area contributed by atoms with Crippen molar-refractivity contribution in [3.8, 4) is 10.6 Å². The Morgan fingerprint density at radius 2 is 2.00 bits per heavy atom. The second-order valence-electron chi connectivity index (χ2n) is 7.13. The van der Waals surface area contributed by atoms with Crippen molar-refractivity contribution in [2.45, 2.75) is 19.8 Å². The fourth-order valence-corrected chi connectivity index (χ4v) is 4.38. The highest BCUT2D eigenvalue weighted by Gasteiger charge is 2.25. The molecule has 8 heteroatoms. The molecule has 1 saturated heterocycles. The molecule has 0 bridgehead atoms. The van der Waals surface area contributed by atoms with E-state index in [1.54, 1.807) is 24.6 Å². The van der Waals surface area contributed by atoms with E-state index >= 15 is 0 Å². The van der Waals surface area contributed by atoms with E-state index in [1.165, 1.54) is 0 Å². The van der Waals surface area contributed by atoms with E-state index in [-0.39, 0.29) is 11.8 Å². The van der Waals surface area contributed by atoms with Crippen molar-refractivity contribution in [2.24, 2.45) is 5.92 Å². The third kappa shape index (κ3) is 4.54. The Morgan fingerprint density at radius 3 is 2.76 bits per heavy atom. The number of rotatable bonds is 5. The van der Waals surface area contributed by atoms with Crippen molar-refractivity contribution in [1.82, 2.24) is 20.3 Å². The summed E-state index contributed by atoms with van der Waals surface area (Å²) in [5.74, 6) is 1.78. The Kier molecular flexibility index (Phi) is 5.71. The van der Waals surface area contributed by atoms with Crippen LogP contribution in [0, 0.1) is 12.8 Å². The smallest absolute Gasteiger partial charge is 0.222 e. The molecule has 1 fully saturated rings. The minimum Gasteiger partial charge on any atom is -0.359 e. The van der Waals surface area contributed by atoms with Crippen molar-refractivity contribution < 1.29 is 4.79 Å². The van der Waals surface area contributed by atoms with Gasteiger partial charge in [-0.3, -0.25) is 4.79 Å². The van der Waals surface area contributed by atoms with Gasteiger partial charge in [0.15, 0.2) is 5.13 Å². The SMILES string of the molecule is CNC(=O)C1CCN(c2ncc(-c3cccc(Nc4cc(C)ccn4)n3)s2)CC1. The molecule has 0 radical (unpaired) electrons. The Bertz CT molecular complexity index is 996. The fraction of sp³-hybridized carbons (Fsp3) is 0.333. The number of carbonyl (C=O) groups excluding carboxylic acids is 1. The van der Waals surface area contributed by atoms with Gasteiger partial charge in [0.2, 0.25) is 5.91 Å². The van der Waals surface area contributed by atoms with E-state index < -0.39 is 0 Å². The molecule has 0 atom stereocenters. The summed E-state index contributed by atoms with van der Waals surface area (Å²) in [7, 11) is 1.70. The van der Waals surface area contributed by atoms with Crippen LogP contribution in [0.15, 0.2) is 42.7 Å². The van der Waals surface area contributed by atoms with E-state index in [2.05, 4.69) is 25.5 Å². The Morgan fingerprint density at radius 1 is 1.17 bits per heavy atom. The normalized spacial score (nSPS) is 14.6. The van der Waals surface area contributed by atoms with Gasteiger partial charge in [0.25, 0.3) is 0 Å². The summed E-state index contributed by atoms with van der Waals surface area (Å²) in [4.78, 5) is 28.8. The van der Waals surface area contributed by atoms with Crippen LogP contribution in [0.5, 0.6) is 0 Å². The molecule has 4 rings (SSSR count). The first-order valence-electron chi connectivity index (χ1n) is 9.72. The average molecular weight is 409 g/mol. The third-order valence-electron chi connectivity index (χ3n) is 5.05. The van der Waals surface area contributed by atoms with E-state index in [1.807, 2.05) is 43.5 Å². The van der Waals surface area contributed by atoms with Crippen molar-refractivity contribution in [3.05, 3.63) is 48.3 Å². The lowest BCUT2D eigenvalue weighted by molar-refractivity contribution is -0.125. The van der Waals surface area contributed by atoms with Crippen LogP contribution < -0.4 is 15.5 Å². The number of thiazole rings is 1. The van der Waals surface area contributed by atoms with Gasteiger partial charge in [-0.25, -0.2) is 15.0 Å². The lowest BCUT2D eigenvalue weighted by atomic mass is 9.96. The summed E-state index contributed by atoms with van der Waals surface area (Å²) in [5, 5.41) is 6.99. The van der Waals surface area contributed by atoms with Gasteiger partial charge >= 0.3 is 0 Å². The molecule has 2 N–H and O–H groups in total. The average Bonchev–Trinajstić information content (AvgIpc) is 3.24. The Balaban J connectivity index is 1.45. The summed E-state index contributed by atoms with van der Waals surface area (Å²) in [6, 6.07) is 9.85. The molecular weight excluding hydrogens is 384 g/mol. The van der Waals surface area contributed by atoms with Crippen LogP contribution in [-0.4, -0.2) is 41.0 Å². The zero-order valence-electron chi connectivity index (χ0n) is 16.6. The van der Waals surface area contributed by atoms with Gasteiger partial charge in [-0.15, -0.1) is 0 Å². The molecule has 1 aliphatic rings. The molecule has 7 nitrogen and oxygen atoms in total. The van der Waals surface area contributed by atoms with Crippen LogP contribution in [-0.2, 0) is 4.79 Å². The first-order chi connectivity index (χ1) is 14.1. The van der Waals surface area contributed by atoms with E-state index in [0.717, 1.165) is 58.8 Å². The molecule has 150 valence electrons. The van der Waals surface area contributed by atoms with Crippen LogP contribution in [0.2, 0.25) is 0 Å². The molecule has 0 aromatic carbocycles. The number of nitrogens with one attached hydrogen (secondary N) is 2. The number of aromatic nitrogens is 3. The maximum absolute atomic E-state index is 11.8. The van der Waals surface area contributed by atoms with Crippen LogP contribution in [0.3, 0.4) is 0 Å². The molecule has 1 aliphatic heterocycles. The summed E-state index contributed by atoms with van der Waals surface area (Å²) in [6.07, 6.45) is 5.37. The van der Waals surface area contributed by atoms with Gasteiger partial charge in [0.1, 0.15) is 11.6 Å². The molecule has 0 spiro atoms. The fourth-order valence-electron chi connectivity index (χ4n) is 3.44. The molecule has 1 amide bonds. The molecule has 29 heavy (non-hydrogen) atoms. The number of anilines is 3. The minimum atomic E-state index is 0.107. The molecule has 3 aromatic rings. The topological polar surface area (TPSA) is 83.0 Å². The highest BCUT2D eigenvalue weighted by atomic mass is 32.1. The summed E-state index contributed by atoms with van der Waals surface area (Å²) in [5.41, 5.74) is 2.03. The van der Waals surface area contributed by atoms with Crippen LogP contribution in [0.1, 0.15) is 18.4 Å². The van der Waals surface area contributed by atoms with Gasteiger partial charge in [-0.05, 0) is 49.6 Å². The molecule has 4 heterocycles. The van der Waals surface area contributed by atoms with Crippen molar-refractivity contribution in [3.63, 3.8) is 0 Å². The van der Waals surface area contributed by atoms with Crippen molar-refractivity contribution in [1.29, 1.82) is 0 Å². The highest BCUT2D eigenvalue weighted by molar-refractivity contribution is 7.18. The molecule has 0 aliphatic carbocycles. The largest absolute Gasteiger partial charge is 0.359 e. The third-order valence-corrected chi connectivity index (χ3v) is 6.13. The zero-order chi connectivity index (χ0) is 20.2. The summed E-state index contributed by atoms with van der Waals surface area (Å²) in [6.45, 7) is 3.73. The highest BCUT2D eigenvalue weighted by Crippen LogP contribution is 2.33. The number of aryl methyl sites for hydroxylation is 1. The molecular formula is C21H24N6OS. The Labute approximate surface area is 174 Å². The van der Waals surface area contributed by atoms with Gasteiger partial charge in [0, 0.05) is 38.4 Å². The van der Waals surface area contributed by atoms with E-state index in [9.17, 15) is 4.79 Å². The maximum Gasteiger partial charge on any atom is 0.222 e. The zero-order valence-corrected chi connectivity index (χ0v) is 17.4. The van der Waals surface area contributed by atoms with Gasteiger partial charge in [-0.2, -0.15) is 0 Å².